The van der Waals surface area contributed by atoms with Crippen LogP contribution in [0.1, 0.15) is 26.3 Å². The SMILES string of the molecule is CC(C)(C)c1ccc2c(c1)N(S(=O)(=O)c1ccccc1)C[C@H](C(=O)Nc1ccc(F)cc1F)O2. The van der Waals surface area contributed by atoms with Crippen LogP contribution < -0.4 is 14.4 Å². The van der Waals surface area contributed by atoms with Crippen LogP contribution in [0.15, 0.2) is 71.6 Å². The van der Waals surface area contributed by atoms with Crippen molar-refractivity contribution in [3.8, 4) is 5.75 Å². The van der Waals surface area contributed by atoms with E-state index in [0.717, 1.165) is 22.0 Å². The maximum Gasteiger partial charge on any atom is 0.267 e. The largest absolute Gasteiger partial charge is 0.476 e. The van der Waals surface area contributed by atoms with E-state index in [1.807, 2.05) is 26.8 Å². The van der Waals surface area contributed by atoms with E-state index in [2.05, 4.69) is 5.32 Å². The molecule has 1 N–H and O–H groups in total. The molecule has 0 unspecified atom stereocenters. The second kappa shape index (κ2) is 8.72. The highest BCUT2D eigenvalue weighted by molar-refractivity contribution is 7.92. The average molecular weight is 487 g/mol. The van der Waals surface area contributed by atoms with Gasteiger partial charge in [0.05, 0.1) is 22.8 Å². The van der Waals surface area contributed by atoms with Crippen LogP contribution >= 0.6 is 0 Å². The number of hydrogen-bond donors (Lipinski definition) is 1. The number of ether oxygens (including phenoxy) is 1. The molecular weight excluding hydrogens is 462 g/mol. The lowest BCUT2D eigenvalue weighted by atomic mass is 9.86. The fourth-order valence-electron chi connectivity index (χ4n) is 3.61. The normalized spacial score (nSPS) is 15.9. The Balaban J connectivity index is 1.74. The lowest BCUT2D eigenvalue weighted by molar-refractivity contribution is -0.122. The molecule has 0 spiro atoms. The van der Waals surface area contributed by atoms with Crippen molar-refractivity contribution in [3.05, 3.63) is 83.9 Å². The molecule has 1 heterocycles. The number of amides is 1. The molecule has 1 amide bonds. The van der Waals surface area contributed by atoms with Gasteiger partial charge in [-0.05, 0) is 47.4 Å². The first-order valence-electron chi connectivity index (χ1n) is 10.6. The van der Waals surface area contributed by atoms with Crippen LogP contribution in [0.2, 0.25) is 0 Å². The Morgan fingerprint density at radius 3 is 2.38 bits per heavy atom. The molecule has 0 aliphatic carbocycles. The van der Waals surface area contributed by atoms with Gasteiger partial charge < -0.3 is 10.1 Å². The number of fused-ring (bicyclic) bond motifs is 1. The summed E-state index contributed by atoms with van der Waals surface area (Å²) >= 11 is 0. The van der Waals surface area contributed by atoms with Gasteiger partial charge in [-0.1, -0.05) is 45.0 Å². The minimum Gasteiger partial charge on any atom is -0.476 e. The quantitative estimate of drug-likeness (QED) is 0.572. The van der Waals surface area contributed by atoms with Crippen LogP contribution in [0.4, 0.5) is 20.2 Å². The van der Waals surface area contributed by atoms with Gasteiger partial charge in [-0.25, -0.2) is 17.2 Å². The van der Waals surface area contributed by atoms with Gasteiger partial charge >= 0.3 is 0 Å². The molecule has 3 aromatic rings. The van der Waals surface area contributed by atoms with Crippen LogP contribution in [-0.4, -0.2) is 27.0 Å². The minimum atomic E-state index is -4.04. The van der Waals surface area contributed by atoms with E-state index in [1.54, 1.807) is 30.3 Å². The maximum atomic E-state index is 14.1. The standard InChI is InChI=1S/C25H24F2N2O4S/c1-25(2,3)16-9-12-22-21(13-16)29(34(31,32)18-7-5-4-6-8-18)15-23(33-22)24(30)28-20-11-10-17(26)14-19(20)27/h4-14,23H,15H2,1-3H3,(H,28,30)/t23-/m1/s1. The van der Waals surface area contributed by atoms with Crippen LogP contribution in [0.3, 0.4) is 0 Å². The maximum absolute atomic E-state index is 14.1. The molecule has 0 bridgehead atoms. The molecule has 0 saturated carbocycles. The second-order valence-electron chi connectivity index (χ2n) is 9.00. The van der Waals surface area contributed by atoms with Gasteiger partial charge in [0.1, 0.15) is 17.4 Å². The topological polar surface area (TPSA) is 75.7 Å². The molecule has 0 aromatic heterocycles. The van der Waals surface area contributed by atoms with Crippen LogP contribution in [0, 0.1) is 11.6 Å². The van der Waals surface area contributed by atoms with Crippen molar-refractivity contribution in [1.29, 1.82) is 0 Å². The second-order valence-corrected chi connectivity index (χ2v) is 10.9. The van der Waals surface area contributed by atoms with Gasteiger partial charge in [0.2, 0.25) is 0 Å². The molecule has 34 heavy (non-hydrogen) atoms. The van der Waals surface area contributed by atoms with Crippen molar-refractivity contribution in [3.63, 3.8) is 0 Å². The molecule has 3 aromatic carbocycles. The highest BCUT2D eigenvalue weighted by Crippen LogP contribution is 2.40. The van der Waals surface area contributed by atoms with E-state index in [-0.39, 0.29) is 28.3 Å². The first-order chi connectivity index (χ1) is 16.0. The summed E-state index contributed by atoms with van der Waals surface area (Å²) in [5.41, 5.74) is 0.708. The average Bonchev–Trinajstić information content (AvgIpc) is 2.79. The zero-order valence-electron chi connectivity index (χ0n) is 18.9. The number of carbonyl (C=O) groups excluding carboxylic acids is 1. The predicted octanol–water partition coefficient (Wildman–Crippen LogP) is 4.86. The Morgan fingerprint density at radius 2 is 1.74 bits per heavy atom. The Morgan fingerprint density at radius 1 is 1.03 bits per heavy atom. The highest BCUT2D eigenvalue weighted by atomic mass is 32.2. The minimum absolute atomic E-state index is 0.0627. The summed E-state index contributed by atoms with van der Waals surface area (Å²) in [6, 6.07) is 15.8. The number of hydrogen-bond acceptors (Lipinski definition) is 4. The number of rotatable bonds is 4. The summed E-state index contributed by atoms with van der Waals surface area (Å²) in [6.45, 7) is 5.68. The fourth-order valence-corrected chi connectivity index (χ4v) is 5.09. The van der Waals surface area contributed by atoms with Crippen molar-refractivity contribution in [2.24, 2.45) is 0 Å². The third-order valence-electron chi connectivity index (χ3n) is 5.51. The van der Waals surface area contributed by atoms with Crippen LogP contribution in [0.5, 0.6) is 5.75 Å². The Kier molecular flexibility index (Phi) is 6.07. The van der Waals surface area contributed by atoms with Crippen LogP contribution in [0.25, 0.3) is 0 Å². The van der Waals surface area contributed by atoms with Crippen molar-refractivity contribution >= 4 is 27.3 Å². The van der Waals surface area contributed by atoms with E-state index in [9.17, 15) is 22.0 Å². The van der Waals surface area contributed by atoms with Gasteiger partial charge in [0.15, 0.2) is 6.10 Å². The summed E-state index contributed by atoms with van der Waals surface area (Å²) < 4.78 is 61.4. The van der Waals surface area contributed by atoms with Crippen molar-refractivity contribution in [2.75, 3.05) is 16.2 Å². The number of halogens is 2. The van der Waals surface area contributed by atoms with Crippen LogP contribution in [-0.2, 0) is 20.2 Å². The Bertz CT molecular complexity index is 1340. The van der Waals surface area contributed by atoms with E-state index >= 15 is 0 Å². The molecule has 178 valence electrons. The summed E-state index contributed by atoms with van der Waals surface area (Å²) in [7, 11) is -4.04. The molecule has 1 aliphatic rings. The lowest BCUT2D eigenvalue weighted by Crippen LogP contribution is -2.49. The summed E-state index contributed by atoms with van der Waals surface area (Å²) in [6.07, 6.45) is -1.27. The van der Waals surface area contributed by atoms with Gasteiger partial charge in [0, 0.05) is 6.07 Å². The first-order valence-corrected chi connectivity index (χ1v) is 12.1. The Hall–Kier alpha value is -3.46. The number of nitrogens with one attached hydrogen (secondary N) is 1. The smallest absolute Gasteiger partial charge is 0.267 e. The number of nitrogens with zero attached hydrogens (tertiary/aromatic N) is 1. The van der Waals surface area contributed by atoms with E-state index in [1.165, 1.54) is 12.1 Å². The van der Waals surface area contributed by atoms with E-state index in [0.29, 0.717) is 11.8 Å². The van der Waals surface area contributed by atoms with Gasteiger partial charge in [-0.2, -0.15) is 0 Å². The zero-order valence-corrected chi connectivity index (χ0v) is 19.7. The predicted molar refractivity (Wildman–Crippen MR) is 126 cm³/mol. The third kappa shape index (κ3) is 4.61. The third-order valence-corrected chi connectivity index (χ3v) is 7.30. The molecule has 4 rings (SSSR count). The first kappa shape index (κ1) is 23.7. The van der Waals surface area contributed by atoms with Crippen molar-refractivity contribution in [1.82, 2.24) is 0 Å². The monoisotopic (exact) mass is 486 g/mol. The van der Waals surface area contributed by atoms with Gasteiger partial charge in [-0.15, -0.1) is 0 Å². The molecule has 0 saturated heterocycles. The van der Waals surface area contributed by atoms with Gasteiger partial charge in [0.25, 0.3) is 15.9 Å². The lowest BCUT2D eigenvalue weighted by Gasteiger charge is -2.36. The van der Waals surface area contributed by atoms with Crippen molar-refractivity contribution in [2.45, 2.75) is 37.2 Å². The summed E-state index contributed by atoms with van der Waals surface area (Å²) in [5.74, 6) is -2.29. The molecule has 1 atom stereocenters. The number of anilines is 2. The Labute approximate surface area is 197 Å². The molecule has 0 radical (unpaired) electrons. The molecule has 1 aliphatic heterocycles. The summed E-state index contributed by atoms with van der Waals surface area (Å²) in [5, 5.41) is 2.36. The van der Waals surface area contributed by atoms with Gasteiger partial charge in [-0.3, -0.25) is 9.10 Å². The van der Waals surface area contributed by atoms with Crippen molar-refractivity contribution < 1.29 is 26.7 Å². The van der Waals surface area contributed by atoms with E-state index < -0.39 is 33.7 Å². The number of sulfonamides is 1. The zero-order chi connectivity index (χ0) is 24.7. The molecule has 0 fully saturated rings. The molecule has 6 nitrogen and oxygen atoms in total. The summed E-state index contributed by atoms with van der Waals surface area (Å²) in [4.78, 5) is 13.0. The highest BCUT2D eigenvalue weighted by Gasteiger charge is 2.38. The molecular formula is C25H24F2N2O4S. The number of benzene rings is 3. The fraction of sp³-hybridized carbons (Fsp3) is 0.240. The van der Waals surface area contributed by atoms with E-state index in [4.69, 9.17) is 4.74 Å². The molecule has 9 heteroatoms. The number of carbonyl (C=O) groups is 1.